The standard InChI is InChI=1S/C21H25N3O/c1-13(2)12-24-14(3)15-5-4-6-16(9-15)18-10-17-7-8-23-20(17)19(11-18)21(22)25/h4-11,13-14,23-24H,12H2,1-3H3,(H2,22,25). The van der Waals surface area contributed by atoms with Gasteiger partial charge in [0.25, 0.3) is 5.91 Å². The molecule has 0 aliphatic carbocycles. The number of rotatable bonds is 6. The Balaban J connectivity index is 1.98. The fraction of sp³-hybridized carbons (Fsp3) is 0.286. The van der Waals surface area contributed by atoms with Crippen LogP contribution in [0.5, 0.6) is 0 Å². The maximum atomic E-state index is 11.8. The van der Waals surface area contributed by atoms with E-state index in [-0.39, 0.29) is 6.04 Å². The van der Waals surface area contributed by atoms with Crippen molar-refractivity contribution in [3.05, 3.63) is 59.8 Å². The lowest BCUT2D eigenvalue weighted by atomic mass is 9.97. The summed E-state index contributed by atoms with van der Waals surface area (Å²) in [6.45, 7) is 7.55. The van der Waals surface area contributed by atoms with Gasteiger partial charge < -0.3 is 16.0 Å². The Kier molecular flexibility index (Phi) is 4.91. The molecule has 1 aromatic heterocycles. The summed E-state index contributed by atoms with van der Waals surface area (Å²) in [5.41, 5.74) is 10.2. The highest BCUT2D eigenvalue weighted by molar-refractivity contribution is 6.06. The van der Waals surface area contributed by atoms with Crippen molar-refractivity contribution in [3.63, 3.8) is 0 Å². The third kappa shape index (κ3) is 3.74. The monoisotopic (exact) mass is 335 g/mol. The molecule has 4 N–H and O–H groups in total. The van der Waals surface area contributed by atoms with E-state index in [9.17, 15) is 4.79 Å². The number of fused-ring (bicyclic) bond motifs is 1. The highest BCUT2D eigenvalue weighted by Gasteiger charge is 2.12. The Morgan fingerprint density at radius 3 is 2.64 bits per heavy atom. The zero-order valence-corrected chi connectivity index (χ0v) is 15.0. The Labute approximate surface area is 148 Å². The summed E-state index contributed by atoms with van der Waals surface area (Å²) in [6.07, 6.45) is 1.83. The van der Waals surface area contributed by atoms with Crippen molar-refractivity contribution < 1.29 is 4.79 Å². The summed E-state index contributed by atoms with van der Waals surface area (Å²) in [6, 6.07) is 14.6. The van der Waals surface area contributed by atoms with Crippen LogP contribution in [0.3, 0.4) is 0 Å². The first-order valence-corrected chi connectivity index (χ1v) is 8.70. The van der Waals surface area contributed by atoms with E-state index in [4.69, 9.17) is 5.73 Å². The molecule has 1 atom stereocenters. The van der Waals surface area contributed by atoms with Crippen molar-refractivity contribution >= 4 is 16.8 Å². The smallest absolute Gasteiger partial charge is 0.250 e. The first-order chi connectivity index (χ1) is 12.0. The number of hydrogen-bond acceptors (Lipinski definition) is 2. The minimum Gasteiger partial charge on any atom is -0.366 e. The van der Waals surface area contributed by atoms with Crippen LogP contribution in [0.25, 0.3) is 22.0 Å². The van der Waals surface area contributed by atoms with Gasteiger partial charge in [0.05, 0.1) is 11.1 Å². The van der Waals surface area contributed by atoms with E-state index in [1.54, 1.807) is 0 Å². The molecule has 0 saturated carbocycles. The van der Waals surface area contributed by atoms with Crippen molar-refractivity contribution in [1.29, 1.82) is 0 Å². The second kappa shape index (κ2) is 7.11. The zero-order valence-electron chi connectivity index (χ0n) is 15.0. The normalized spacial score (nSPS) is 12.6. The van der Waals surface area contributed by atoms with Gasteiger partial charge in [0.1, 0.15) is 0 Å². The molecule has 3 aromatic rings. The van der Waals surface area contributed by atoms with Gasteiger partial charge in [0.2, 0.25) is 0 Å². The third-order valence-corrected chi connectivity index (χ3v) is 4.48. The number of hydrogen-bond donors (Lipinski definition) is 3. The van der Waals surface area contributed by atoms with Gasteiger partial charge in [-0.15, -0.1) is 0 Å². The molecule has 0 aliphatic rings. The van der Waals surface area contributed by atoms with Crippen LogP contribution >= 0.6 is 0 Å². The second-order valence-electron chi connectivity index (χ2n) is 6.98. The number of aromatic nitrogens is 1. The summed E-state index contributed by atoms with van der Waals surface area (Å²) in [5.74, 6) is 0.192. The van der Waals surface area contributed by atoms with E-state index >= 15 is 0 Å². The van der Waals surface area contributed by atoms with E-state index < -0.39 is 5.91 Å². The highest BCUT2D eigenvalue weighted by atomic mass is 16.1. The lowest BCUT2D eigenvalue weighted by Crippen LogP contribution is -2.23. The number of carbonyl (C=O) groups is 1. The largest absolute Gasteiger partial charge is 0.366 e. The maximum absolute atomic E-state index is 11.8. The molecule has 0 bridgehead atoms. The van der Waals surface area contributed by atoms with Crippen LogP contribution in [0.1, 0.15) is 42.7 Å². The number of H-pyrrole nitrogens is 1. The molecule has 0 spiro atoms. The molecule has 0 radical (unpaired) electrons. The highest BCUT2D eigenvalue weighted by Crippen LogP contribution is 2.29. The van der Waals surface area contributed by atoms with Crippen molar-refractivity contribution in [3.8, 4) is 11.1 Å². The van der Waals surface area contributed by atoms with Gasteiger partial charge in [-0.2, -0.15) is 0 Å². The molecule has 130 valence electrons. The van der Waals surface area contributed by atoms with Crippen LogP contribution in [-0.4, -0.2) is 17.4 Å². The molecule has 25 heavy (non-hydrogen) atoms. The van der Waals surface area contributed by atoms with Crippen LogP contribution in [0.4, 0.5) is 0 Å². The number of aromatic amines is 1. The van der Waals surface area contributed by atoms with Crippen LogP contribution < -0.4 is 11.1 Å². The summed E-state index contributed by atoms with van der Waals surface area (Å²) < 4.78 is 0. The fourth-order valence-corrected chi connectivity index (χ4v) is 3.05. The molecule has 2 aromatic carbocycles. The minimum atomic E-state index is -0.419. The van der Waals surface area contributed by atoms with E-state index in [0.29, 0.717) is 11.5 Å². The lowest BCUT2D eigenvalue weighted by molar-refractivity contribution is 0.100. The van der Waals surface area contributed by atoms with Crippen molar-refractivity contribution in [1.82, 2.24) is 10.3 Å². The van der Waals surface area contributed by atoms with Gasteiger partial charge >= 0.3 is 0 Å². The van der Waals surface area contributed by atoms with Crippen LogP contribution in [0.15, 0.2) is 48.7 Å². The molecule has 0 aliphatic heterocycles. The Morgan fingerprint density at radius 1 is 1.12 bits per heavy atom. The molecule has 1 amide bonds. The first kappa shape index (κ1) is 17.2. The van der Waals surface area contributed by atoms with Gasteiger partial charge in [-0.05, 0) is 60.3 Å². The molecular weight excluding hydrogens is 310 g/mol. The van der Waals surface area contributed by atoms with Crippen LogP contribution in [0, 0.1) is 5.92 Å². The number of nitrogens with two attached hydrogens (primary N) is 1. The molecule has 0 fully saturated rings. The first-order valence-electron chi connectivity index (χ1n) is 8.70. The molecule has 4 nitrogen and oxygen atoms in total. The Bertz CT molecular complexity index is 895. The predicted octanol–water partition coefficient (Wildman–Crippen LogP) is 4.24. The van der Waals surface area contributed by atoms with Gasteiger partial charge in [-0.1, -0.05) is 32.0 Å². The fourth-order valence-electron chi connectivity index (χ4n) is 3.05. The van der Waals surface area contributed by atoms with Gasteiger partial charge in [-0.25, -0.2) is 0 Å². The third-order valence-electron chi connectivity index (χ3n) is 4.48. The lowest BCUT2D eigenvalue weighted by Gasteiger charge is -2.17. The number of nitrogens with one attached hydrogen (secondary N) is 2. The van der Waals surface area contributed by atoms with Crippen molar-refractivity contribution in [2.45, 2.75) is 26.8 Å². The molecule has 1 heterocycles. The predicted molar refractivity (Wildman–Crippen MR) is 104 cm³/mol. The van der Waals surface area contributed by atoms with E-state index in [0.717, 1.165) is 28.6 Å². The molecule has 3 rings (SSSR count). The minimum absolute atomic E-state index is 0.272. The summed E-state index contributed by atoms with van der Waals surface area (Å²) in [4.78, 5) is 14.9. The van der Waals surface area contributed by atoms with Crippen molar-refractivity contribution in [2.24, 2.45) is 11.7 Å². The average molecular weight is 335 g/mol. The van der Waals surface area contributed by atoms with Crippen LogP contribution in [0.2, 0.25) is 0 Å². The molecule has 1 unspecified atom stereocenters. The zero-order chi connectivity index (χ0) is 18.0. The Hall–Kier alpha value is -2.59. The molecule has 4 heteroatoms. The van der Waals surface area contributed by atoms with Gasteiger partial charge in [0.15, 0.2) is 0 Å². The summed E-state index contributed by atoms with van der Waals surface area (Å²) in [5, 5.41) is 4.54. The number of amides is 1. The SMILES string of the molecule is CC(C)CNC(C)c1cccc(-c2cc(C(N)=O)c3[nH]ccc3c2)c1. The summed E-state index contributed by atoms with van der Waals surface area (Å²) in [7, 11) is 0. The van der Waals surface area contributed by atoms with E-state index in [1.165, 1.54) is 5.56 Å². The number of carbonyl (C=O) groups excluding carboxylic acids is 1. The van der Waals surface area contributed by atoms with Gasteiger partial charge in [-0.3, -0.25) is 4.79 Å². The van der Waals surface area contributed by atoms with Gasteiger partial charge in [0, 0.05) is 17.6 Å². The average Bonchev–Trinajstić information content (AvgIpc) is 3.07. The Morgan fingerprint density at radius 2 is 1.92 bits per heavy atom. The summed E-state index contributed by atoms with van der Waals surface area (Å²) >= 11 is 0. The van der Waals surface area contributed by atoms with E-state index in [1.807, 2.05) is 18.3 Å². The molecule has 0 saturated heterocycles. The quantitative estimate of drug-likeness (QED) is 0.630. The van der Waals surface area contributed by atoms with E-state index in [2.05, 4.69) is 61.4 Å². The molecular formula is C21H25N3O. The number of primary amides is 1. The topological polar surface area (TPSA) is 70.9 Å². The van der Waals surface area contributed by atoms with Crippen LogP contribution in [-0.2, 0) is 0 Å². The number of benzene rings is 2. The second-order valence-corrected chi connectivity index (χ2v) is 6.98. The van der Waals surface area contributed by atoms with Crippen molar-refractivity contribution in [2.75, 3.05) is 6.54 Å². The maximum Gasteiger partial charge on any atom is 0.250 e.